The summed E-state index contributed by atoms with van der Waals surface area (Å²) in [5.74, 6) is -3.82. The van der Waals surface area contributed by atoms with Crippen LogP contribution in [0.15, 0.2) is 24.3 Å². The van der Waals surface area contributed by atoms with Crippen LogP contribution in [-0.4, -0.2) is 76.2 Å². The van der Waals surface area contributed by atoms with Gasteiger partial charge in [0.25, 0.3) is 0 Å². The maximum Gasteiger partial charge on any atom is 0.303 e. The molecule has 16 nitrogen and oxygen atoms in total. The summed E-state index contributed by atoms with van der Waals surface area (Å²) in [7, 11) is 0. The SMILES string of the molecule is CC1=C(CCC(=O)O)c2cc3nc(c(=C(O)[C@@H](N)CCC(N)=O)c4cc(C)c([nH]4)c(=C(O)[C@@H](N)CCC(N)=O)c4cc(C)c(cc1n2)[nH]4)C(C)=C3CCC(=O)O. The molecule has 2 atom stereocenters. The lowest BCUT2D eigenvalue weighted by Crippen LogP contribution is -2.30. The van der Waals surface area contributed by atoms with Gasteiger partial charge in [0.05, 0.1) is 61.8 Å². The molecule has 0 fully saturated rings. The second-order valence-electron chi connectivity index (χ2n) is 14.3. The largest absolute Gasteiger partial charge is 0.510 e. The topological polar surface area (TPSA) is 311 Å². The highest BCUT2D eigenvalue weighted by Crippen LogP contribution is 2.37. The fourth-order valence-electron chi connectivity index (χ4n) is 7.06. The average Bonchev–Trinajstić information content (AvgIpc) is 3.84. The molecule has 2 amide bonds. The highest BCUT2D eigenvalue weighted by atomic mass is 16.4. The molecule has 14 N–H and O–H groups in total. The van der Waals surface area contributed by atoms with Crippen LogP contribution in [0.3, 0.4) is 0 Å². The Hall–Kier alpha value is -6.26. The first-order valence-corrected chi connectivity index (χ1v) is 18.2. The minimum atomic E-state index is -1.08. The summed E-state index contributed by atoms with van der Waals surface area (Å²) in [4.78, 5) is 63.7. The number of aromatic nitrogens is 4. The van der Waals surface area contributed by atoms with Crippen molar-refractivity contribution in [1.29, 1.82) is 0 Å². The fourth-order valence-corrected chi connectivity index (χ4v) is 7.06. The fraction of sp³-hybridized carbons (Fsp3) is 0.350. The summed E-state index contributed by atoms with van der Waals surface area (Å²) in [6.45, 7) is 7.24. The maximum absolute atomic E-state index is 12.0. The van der Waals surface area contributed by atoms with E-state index in [1.54, 1.807) is 26.0 Å². The zero-order valence-corrected chi connectivity index (χ0v) is 31.7. The Labute approximate surface area is 321 Å². The van der Waals surface area contributed by atoms with E-state index in [-0.39, 0.29) is 79.0 Å². The van der Waals surface area contributed by atoms with Gasteiger partial charge in [-0.15, -0.1) is 0 Å². The molecule has 5 heterocycles. The van der Waals surface area contributed by atoms with Crippen molar-refractivity contribution in [2.75, 3.05) is 0 Å². The molecule has 296 valence electrons. The molecule has 3 aromatic heterocycles. The number of allylic oxidation sites excluding steroid dienone is 4. The van der Waals surface area contributed by atoms with E-state index in [0.29, 0.717) is 61.4 Å². The van der Waals surface area contributed by atoms with Crippen molar-refractivity contribution in [3.8, 4) is 0 Å². The first-order valence-electron chi connectivity index (χ1n) is 18.2. The second-order valence-corrected chi connectivity index (χ2v) is 14.3. The number of carboxylic acids is 2. The number of fused-ring (bicyclic) bond motifs is 8. The van der Waals surface area contributed by atoms with E-state index < -0.39 is 35.8 Å². The first-order chi connectivity index (χ1) is 26.4. The molecule has 56 heavy (non-hydrogen) atoms. The lowest BCUT2D eigenvalue weighted by molar-refractivity contribution is -0.137. The van der Waals surface area contributed by atoms with Crippen LogP contribution >= 0.6 is 0 Å². The summed E-state index contributed by atoms with van der Waals surface area (Å²) in [5, 5.41) is 43.5. The number of aromatic amines is 2. The minimum absolute atomic E-state index is 0.00403. The summed E-state index contributed by atoms with van der Waals surface area (Å²) in [6.07, 6.45) is -0.367. The van der Waals surface area contributed by atoms with Crippen LogP contribution in [0.4, 0.5) is 0 Å². The number of H-pyrrole nitrogens is 2. The van der Waals surface area contributed by atoms with Crippen LogP contribution in [0.1, 0.15) is 99.1 Å². The van der Waals surface area contributed by atoms with Crippen LogP contribution in [0.2, 0.25) is 0 Å². The number of aliphatic hydroxyl groups is 2. The molecule has 3 aromatic rings. The molecule has 2 aliphatic heterocycles. The van der Waals surface area contributed by atoms with Crippen molar-refractivity contribution in [3.63, 3.8) is 0 Å². The molecule has 0 aliphatic carbocycles. The first kappa shape index (κ1) is 40.9. The summed E-state index contributed by atoms with van der Waals surface area (Å²) < 4.78 is 0. The molecule has 0 saturated carbocycles. The number of hydrogen-bond donors (Lipinski definition) is 10. The number of carbonyl (C=O) groups is 4. The normalized spacial score (nSPS) is 15.1. The summed E-state index contributed by atoms with van der Waals surface area (Å²) in [6, 6.07) is 4.99. The zero-order chi connectivity index (χ0) is 41.2. The molecule has 0 saturated heterocycles. The lowest BCUT2D eigenvalue weighted by atomic mass is 9.97. The highest BCUT2D eigenvalue weighted by Gasteiger charge is 2.25. The van der Waals surface area contributed by atoms with Crippen LogP contribution in [0.5, 0.6) is 0 Å². The van der Waals surface area contributed by atoms with Gasteiger partial charge in [0.2, 0.25) is 11.8 Å². The van der Waals surface area contributed by atoms with Gasteiger partial charge in [0, 0.05) is 31.2 Å². The van der Waals surface area contributed by atoms with Crippen molar-refractivity contribution in [3.05, 3.63) is 68.6 Å². The molecule has 0 spiro atoms. The van der Waals surface area contributed by atoms with Crippen molar-refractivity contribution in [2.24, 2.45) is 22.9 Å². The average molecular weight is 769 g/mol. The molecular weight excluding hydrogens is 720 g/mol. The number of nitrogens with two attached hydrogens (primary N) is 4. The molecule has 16 heteroatoms. The highest BCUT2D eigenvalue weighted by molar-refractivity contribution is 5.96. The monoisotopic (exact) mass is 768 g/mol. The van der Waals surface area contributed by atoms with E-state index in [2.05, 4.69) is 9.97 Å². The number of carbonyl (C=O) groups excluding carboxylic acids is 2. The Balaban J connectivity index is 2.08. The van der Waals surface area contributed by atoms with E-state index in [9.17, 15) is 39.6 Å². The van der Waals surface area contributed by atoms with Crippen molar-refractivity contribution in [2.45, 2.75) is 91.1 Å². The van der Waals surface area contributed by atoms with E-state index >= 15 is 0 Å². The van der Waals surface area contributed by atoms with Gasteiger partial charge in [-0.1, -0.05) is 0 Å². The molecule has 0 unspecified atom stereocenters. The third-order valence-electron chi connectivity index (χ3n) is 10.2. The van der Waals surface area contributed by atoms with Gasteiger partial charge in [-0.25, -0.2) is 9.97 Å². The Morgan fingerprint density at radius 2 is 1.11 bits per heavy atom. The molecular formula is C40H48N8O8. The van der Waals surface area contributed by atoms with Gasteiger partial charge >= 0.3 is 11.9 Å². The molecule has 5 rings (SSSR count). The zero-order valence-electron chi connectivity index (χ0n) is 31.7. The number of hydrogen-bond acceptors (Lipinski definition) is 10. The molecule has 0 aromatic carbocycles. The van der Waals surface area contributed by atoms with Crippen LogP contribution < -0.4 is 33.4 Å². The summed E-state index contributed by atoms with van der Waals surface area (Å²) in [5.41, 5.74) is 31.1. The van der Waals surface area contributed by atoms with Crippen LogP contribution in [0, 0.1) is 13.8 Å². The quantitative estimate of drug-likeness (QED) is 0.113. The second kappa shape index (κ2) is 16.6. The van der Waals surface area contributed by atoms with Crippen LogP contribution in [-0.2, 0) is 19.2 Å². The van der Waals surface area contributed by atoms with Gasteiger partial charge in [-0.3, -0.25) is 19.2 Å². The number of carboxylic acid groups (broad SMARTS) is 2. The maximum atomic E-state index is 12.0. The Bertz CT molecular complexity index is 2510. The number of amides is 2. The number of primary amides is 2. The Morgan fingerprint density at radius 1 is 0.607 bits per heavy atom. The number of nitrogens with zero attached hydrogens (tertiary/aromatic N) is 2. The standard InChI is InChI=1S/C40H48N8O8/c1-17-13-29-35(39(55)23(41)7-9-31(43)49)37-18(2)14-30(48-37)36(40(56)24(42)8-10-32(44)50)38-20(4)22(6-12-34(53)54)28(47-38)16-27-21(5-11-33(51)52)19(3)26(46-27)15-25(17)45-29/h13-16,23-24,45,48,55-56H,5-12,41-42H2,1-4H3,(H2,43,49)(H2,44,50)(H,51,52)(H,53,54)/t23-,24-/m0/s1. The van der Waals surface area contributed by atoms with Gasteiger partial charge in [-0.2, -0.15) is 0 Å². The number of nitrogens with one attached hydrogen (secondary N) is 2. The van der Waals surface area contributed by atoms with Crippen molar-refractivity contribution >= 4 is 79.6 Å². The Kier molecular flexibility index (Phi) is 12.1. The molecule has 2 aliphatic rings. The third-order valence-corrected chi connectivity index (χ3v) is 10.2. The van der Waals surface area contributed by atoms with Crippen LogP contribution in [0.25, 0.3) is 55.9 Å². The van der Waals surface area contributed by atoms with E-state index in [1.807, 2.05) is 26.0 Å². The number of rotatable bonds is 14. The Morgan fingerprint density at radius 3 is 1.66 bits per heavy atom. The van der Waals surface area contributed by atoms with Gasteiger partial charge < -0.3 is 53.3 Å². The van der Waals surface area contributed by atoms with Gasteiger partial charge in [0.15, 0.2) is 0 Å². The van der Waals surface area contributed by atoms with E-state index in [1.165, 1.54) is 0 Å². The molecule has 0 radical (unpaired) electrons. The smallest absolute Gasteiger partial charge is 0.303 e. The molecule has 8 bridgehead atoms. The van der Waals surface area contributed by atoms with Crippen molar-refractivity contribution < 1.29 is 39.6 Å². The third kappa shape index (κ3) is 8.66. The van der Waals surface area contributed by atoms with E-state index in [4.69, 9.17) is 32.9 Å². The lowest BCUT2D eigenvalue weighted by Gasteiger charge is -2.11. The number of aliphatic carboxylic acids is 2. The predicted molar refractivity (Wildman–Crippen MR) is 213 cm³/mol. The van der Waals surface area contributed by atoms with Gasteiger partial charge in [-0.05, 0) is 111 Å². The predicted octanol–water partition coefficient (Wildman–Crippen LogP) is 3.04. The van der Waals surface area contributed by atoms with Gasteiger partial charge in [0.1, 0.15) is 11.5 Å². The summed E-state index contributed by atoms with van der Waals surface area (Å²) >= 11 is 0. The minimum Gasteiger partial charge on any atom is -0.510 e. The number of aliphatic hydroxyl groups excluding tert-OH is 2. The number of aryl methyl sites for hydroxylation is 2. The van der Waals surface area contributed by atoms with E-state index in [0.717, 1.165) is 11.1 Å². The van der Waals surface area contributed by atoms with Crippen molar-refractivity contribution in [1.82, 2.24) is 19.9 Å².